The van der Waals surface area contributed by atoms with Crippen molar-refractivity contribution in [2.45, 2.75) is 32.3 Å². The molecule has 0 unspecified atom stereocenters. The minimum Gasteiger partial charge on any atom is -0.481 e. The predicted octanol–water partition coefficient (Wildman–Crippen LogP) is 1.94. The number of para-hydroxylation sites is 1. The Bertz CT molecular complexity index is 509. The van der Waals surface area contributed by atoms with Crippen molar-refractivity contribution >= 4 is 17.7 Å². The Kier molecular flexibility index (Phi) is 5.72. The number of nitrogens with one attached hydrogen (secondary N) is 1. The average molecular weight is 294 g/mol. The van der Waals surface area contributed by atoms with Crippen LogP contribution in [0.3, 0.4) is 0 Å². The zero-order valence-corrected chi connectivity index (χ0v) is 12.6. The molecule has 1 rings (SSSR count). The number of carbonyl (C=O) groups excluding carboxylic acids is 1. The van der Waals surface area contributed by atoms with Crippen LogP contribution in [0.25, 0.3) is 0 Å². The molecule has 6 heteroatoms. The summed E-state index contributed by atoms with van der Waals surface area (Å²) in [4.78, 5) is 24.1. The summed E-state index contributed by atoms with van der Waals surface area (Å²) in [6.45, 7) is 3.44. The van der Waals surface area contributed by atoms with Gasteiger partial charge in [-0.2, -0.15) is 0 Å². The van der Waals surface area contributed by atoms with Gasteiger partial charge in [-0.15, -0.1) is 0 Å². The normalized spacial score (nSPS) is 11.0. The summed E-state index contributed by atoms with van der Waals surface area (Å²) in [7, 11) is 1.59. The highest BCUT2D eigenvalue weighted by Crippen LogP contribution is 2.17. The fourth-order valence-electron chi connectivity index (χ4n) is 1.96. The highest BCUT2D eigenvalue weighted by Gasteiger charge is 2.19. The van der Waals surface area contributed by atoms with E-state index in [4.69, 9.17) is 5.11 Å². The van der Waals surface area contributed by atoms with Crippen LogP contribution >= 0.6 is 0 Å². The van der Waals surface area contributed by atoms with E-state index in [9.17, 15) is 14.7 Å². The summed E-state index contributed by atoms with van der Waals surface area (Å²) >= 11 is 0. The van der Waals surface area contributed by atoms with Gasteiger partial charge in [0.1, 0.15) is 0 Å². The number of carboxylic acid groups (broad SMARTS) is 1. The van der Waals surface area contributed by atoms with Crippen LogP contribution in [0.5, 0.6) is 0 Å². The lowest BCUT2D eigenvalue weighted by Crippen LogP contribution is -2.41. The van der Waals surface area contributed by atoms with E-state index < -0.39 is 11.6 Å². The molecule has 1 aromatic carbocycles. The Morgan fingerprint density at radius 1 is 1.29 bits per heavy atom. The fourth-order valence-corrected chi connectivity index (χ4v) is 1.96. The zero-order chi connectivity index (χ0) is 16.0. The molecule has 0 aliphatic heterocycles. The van der Waals surface area contributed by atoms with Gasteiger partial charge in [0.2, 0.25) is 0 Å². The largest absolute Gasteiger partial charge is 0.481 e. The van der Waals surface area contributed by atoms with Crippen LogP contribution in [0.1, 0.15) is 25.8 Å². The highest BCUT2D eigenvalue weighted by molar-refractivity contribution is 5.90. The molecule has 0 bridgehead atoms. The van der Waals surface area contributed by atoms with Gasteiger partial charge in [0, 0.05) is 19.2 Å². The van der Waals surface area contributed by atoms with Crippen molar-refractivity contribution < 1.29 is 19.8 Å². The maximum absolute atomic E-state index is 12.1. The molecule has 0 saturated carbocycles. The molecule has 21 heavy (non-hydrogen) atoms. The van der Waals surface area contributed by atoms with Crippen LogP contribution < -0.4 is 5.32 Å². The quantitative estimate of drug-likeness (QED) is 0.748. The number of benzene rings is 1. The molecule has 0 fully saturated rings. The van der Waals surface area contributed by atoms with Gasteiger partial charge in [-0.25, -0.2) is 4.79 Å². The van der Waals surface area contributed by atoms with E-state index in [0.29, 0.717) is 12.1 Å². The Balaban J connectivity index is 2.73. The van der Waals surface area contributed by atoms with Crippen LogP contribution in [-0.4, -0.2) is 46.3 Å². The molecule has 0 heterocycles. The van der Waals surface area contributed by atoms with Crippen molar-refractivity contribution in [1.82, 2.24) is 4.90 Å². The van der Waals surface area contributed by atoms with Crippen LogP contribution in [0.4, 0.5) is 10.5 Å². The number of hydrogen-bond acceptors (Lipinski definition) is 3. The molecule has 0 spiro atoms. The molecule has 0 aromatic heterocycles. The number of likely N-dealkylation sites (N-methyl/N-ethyl adjacent to an activating group) is 1. The van der Waals surface area contributed by atoms with Gasteiger partial charge in [0.15, 0.2) is 0 Å². The number of urea groups is 1. The highest BCUT2D eigenvalue weighted by atomic mass is 16.4. The predicted molar refractivity (Wildman–Crippen MR) is 80.3 cm³/mol. The fraction of sp³-hybridized carbons (Fsp3) is 0.467. The van der Waals surface area contributed by atoms with Crippen LogP contribution in [0.2, 0.25) is 0 Å². The number of nitrogens with zero attached hydrogens (tertiary/aromatic N) is 1. The monoisotopic (exact) mass is 294 g/mol. The first-order valence-corrected chi connectivity index (χ1v) is 6.73. The number of hydrogen-bond donors (Lipinski definition) is 3. The number of amides is 2. The van der Waals surface area contributed by atoms with Crippen molar-refractivity contribution in [3.63, 3.8) is 0 Å². The van der Waals surface area contributed by atoms with Crippen LogP contribution in [0, 0.1) is 0 Å². The Morgan fingerprint density at radius 2 is 1.90 bits per heavy atom. The smallest absolute Gasteiger partial charge is 0.321 e. The molecule has 1 aromatic rings. The lowest BCUT2D eigenvalue weighted by atomic mass is 10.1. The first-order chi connectivity index (χ1) is 9.69. The summed E-state index contributed by atoms with van der Waals surface area (Å²) in [5.41, 5.74) is 0.380. The minimum absolute atomic E-state index is 0.00634. The van der Waals surface area contributed by atoms with E-state index >= 15 is 0 Å². The van der Waals surface area contributed by atoms with E-state index in [1.165, 1.54) is 4.90 Å². The van der Waals surface area contributed by atoms with Crippen molar-refractivity contribution in [3.8, 4) is 0 Å². The third-order valence-corrected chi connectivity index (χ3v) is 2.84. The number of carboxylic acids is 1. The van der Waals surface area contributed by atoms with E-state index in [-0.39, 0.29) is 19.0 Å². The number of aliphatic carboxylic acids is 1. The lowest BCUT2D eigenvalue weighted by Gasteiger charge is -2.26. The number of aliphatic hydroxyl groups is 1. The van der Waals surface area contributed by atoms with Gasteiger partial charge in [-0.05, 0) is 31.9 Å². The summed E-state index contributed by atoms with van der Waals surface area (Å²) in [5, 5.41) is 21.2. The molecule has 0 atom stereocenters. The van der Waals surface area contributed by atoms with Gasteiger partial charge in [-0.1, -0.05) is 18.2 Å². The van der Waals surface area contributed by atoms with E-state index in [0.717, 1.165) is 5.56 Å². The summed E-state index contributed by atoms with van der Waals surface area (Å²) in [6.07, 6.45) is 0.355. The topological polar surface area (TPSA) is 89.9 Å². The summed E-state index contributed by atoms with van der Waals surface area (Å²) in [6, 6.07) is 6.74. The molecule has 0 aliphatic rings. The Morgan fingerprint density at radius 3 is 2.48 bits per heavy atom. The Labute approximate surface area is 124 Å². The van der Waals surface area contributed by atoms with Gasteiger partial charge in [0.25, 0.3) is 0 Å². The molecule has 2 amide bonds. The average Bonchev–Trinajstić information content (AvgIpc) is 2.35. The second-order valence-corrected chi connectivity index (χ2v) is 5.65. The van der Waals surface area contributed by atoms with Gasteiger partial charge >= 0.3 is 12.0 Å². The first kappa shape index (κ1) is 17.0. The molecule has 6 nitrogen and oxygen atoms in total. The van der Waals surface area contributed by atoms with Crippen molar-refractivity contribution in [1.29, 1.82) is 0 Å². The third kappa shape index (κ3) is 6.27. The lowest BCUT2D eigenvalue weighted by molar-refractivity contribution is -0.136. The maximum atomic E-state index is 12.1. The van der Waals surface area contributed by atoms with Gasteiger partial charge in [0.05, 0.1) is 12.1 Å². The minimum atomic E-state index is -0.977. The van der Waals surface area contributed by atoms with E-state index in [1.54, 1.807) is 45.2 Å². The SMILES string of the molecule is CN(CC(C)(C)O)C(=O)Nc1ccccc1CCC(=O)O. The summed E-state index contributed by atoms with van der Waals surface area (Å²) in [5.74, 6) is -0.879. The zero-order valence-electron chi connectivity index (χ0n) is 12.6. The second kappa shape index (κ2) is 7.08. The van der Waals surface area contributed by atoms with Gasteiger partial charge in [-0.3, -0.25) is 4.79 Å². The number of anilines is 1. The van der Waals surface area contributed by atoms with Gasteiger partial charge < -0.3 is 20.4 Å². The van der Waals surface area contributed by atoms with E-state index in [2.05, 4.69) is 5.32 Å². The first-order valence-electron chi connectivity index (χ1n) is 6.73. The van der Waals surface area contributed by atoms with Crippen molar-refractivity contribution in [3.05, 3.63) is 29.8 Å². The molecule has 0 aliphatic carbocycles. The Hall–Kier alpha value is -2.08. The van der Waals surface area contributed by atoms with Crippen molar-refractivity contribution in [2.24, 2.45) is 0 Å². The molecule has 116 valence electrons. The standard InChI is InChI=1S/C15H22N2O4/c1-15(2,21)10-17(3)14(20)16-12-7-5-4-6-11(12)8-9-13(18)19/h4-7,21H,8-10H2,1-3H3,(H,16,20)(H,18,19). The number of carbonyl (C=O) groups is 2. The third-order valence-electron chi connectivity index (χ3n) is 2.84. The molecule has 0 radical (unpaired) electrons. The molecule has 0 saturated heterocycles. The van der Waals surface area contributed by atoms with Crippen LogP contribution in [-0.2, 0) is 11.2 Å². The maximum Gasteiger partial charge on any atom is 0.321 e. The molecule has 3 N–H and O–H groups in total. The molecular weight excluding hydrogens is 272 g/mol. The van der Waals surface area contributed by atoms with E-state index in [1.807, 2.05) is 0 Å². The summed E-state index contributed by atoms with van der Waals surface area (Å²) < 4.78 is 0. The number of aryl methyl sites for hydroxylation is 1. The number of rotatable bonds is 6. The molecular formula is C15H22N2O4. The second-order valence-electron chi connectivity index (χ2n) is 5.65. The van der Waals surface area contributed by atoms with Crippen molar-refractivity contribution in [2.75, 3.05) is 18.9 Å². The van der Waals surface area contributed by atoms with Crippen LogP contribution in [0.15, 0.2) is 24.3 Å².